The van der Waals surface area contributed by atoms with Crippen molar-refractivity contribution in [2.45, 2.75) is 62.7 Å². The molecule has 9 heteroatoms. The smallest absolute Gasteiger partial charge is 0.253 e. The lowest BCUT2D eigenvalue weighted by Gasteiger charge is -2.17. The largest absolute Gasteiger partial charge is 0.354 e. The Balaban J connectivity index is 1.46. The summed E-state index contributed by atoms with van der Waals surface area (Å²) in [6, 6.07) is 6.61. The van der Waals surface area contributed by atoms with Crippen molar-refractivity contribution in [1.29, 1.82) is 0 Å². The van der Waals surface area contributed by atoms with Crippen molar-refractivity contribution in [3.63, 3.8) is 0 Å². The fourth-order valence-electron chi connectivity index (χ4n) is 3.74. The lowest BCUT2D eigenvalue weighted by Crippen LogP contribution is -2.45. The Labute approximate surface area is 186 Å². The summed E-state index contributed by atoms with van der Waals surface area (Å²) < 4.78 is 2.28. The Bertz CT molecular complexity index is 882. The van der Waals surface area contributed by atoms with Gasteiger partial charge < -0.3 is 15.2 Å². The van der Waals surface area contributed by atoms with Gasteiger partial charge in [-0.3, -0.25) is 9.59 Å². The molecule has 1 aromatic heterocycles. The molecule has 0 saturated heterocycles. The number of benzene rings is 1. The van der Waals surface area contributed by atoms with Gasteiger partial charge in [-0.1, -0.05) is 48.3 Å². The first kappa shape index (κ1) is 22.6. The Morgan fingerprint density at radius 3 is 2.70 bits per heavy atom. The van der Waals surface area contributed by atoms with Crippen LogP contribution in [0.25, 0.3) is 0 Å². The van der Waals surface area contributed by atoms with E-state index in [9.17, 15) is 9.59 Å². The van der Waals surface area contributed by atoms with Crippen LogP contribution in [0.15, 0.2) is 29.4 Å². The summed E-state index contributed by atoms with van der Waals surface area (Å²) in [5.41, 5.74) is 0.356. The van der Waals surface area contributed by atoms with E-state index in [0.717, 1.165) is 23.8 Å². The topological polar surface area (TPSA) is 88.9 Å². The molecular formula is C21H28ClN5O2S. The van der Waals surface area contributed by atoms with Crippen LogP contribution in [0.3, 0.4) is 0 Å². The molecule has 162 valence electrons. The minimum Gasteiger partial charge on any atom is -0.354 e. The summed E-state index contributed by atoms with van der Waals surface area (Å²) in [4.78, 5) is 24.6. The summed E-state index contributed by atoms with van der Waals surface area (Å²) in [5, 5.41) is 15.6. The molecule has 2 amide bonds. The number of aromatic nitrogens is 3. The number of amides is 2. The number of hydrogen-bond acceptors (Lipinski definition) is 5. The van der Waals surface area contributed by atoms with E-state index in [0.29, 0.717) is 23.2 Å². The predicted octanol–water partition coefficient (Wildman–Crippen LogP) is 3.64. The van der Waals surface area contributed by atoms with Crippen molar-refractivity contribution < 1.29 is 9.59 Å². The van der Waals surface area contributed by atoms with Crippen molar-refractivity contribution in [3.05, 3.63) is 40.7 Å². The fourth-order valence-corrected chi connectivity index (χ4v) is 4.54. The zero-order valence-electron chi connectivity index (χ0n) is 17.4. The van der Waals surface area contributed by atoms with Crippen LogP contribution in [0.2, 0.25) is 5.02 Å². The molecule has 1 fully saturated rings. The highest BCUT2D eigenvalue weighted by molar-refractivity contribution is 7.98. The first-order valence-electron chi connectivity index (χ1n) is 10.3. The summed E-state index contributed by atoms with van der Waals surface area (Å²) in [7, 11) is 0. The molecule has 0 radical (unpaired) electrons. The van der Waals surface area contributed by atoms with Crippen molar-refractivity contribution in [3.8, 4) is 0 Å². The third-order valence-corrected chi connectivity index (χ3v) is 6.32. The molecule has 0 spiro atoms. The Morgan fingerprint density at radius 2 is 2.00 bits per heavy atom. The highest BCUT2D eigenvalue weighted by Gasteiger charge is 2.23. The van der Waals surface area contributed by atoms with E-state index in [1.807, 2.05) is 6.26 Å². The maximum Gasteiger partial charge on any atom is 0.253 e. The van der Waals surface area contributed by atoms with Gasteiger partial charge >= 0.3 is 0 Å². The van der Waals surface area contributed by atoms with Crippen molar-refractivity contribution in [1.82, 2.24) is 25.4 Å². The third kappa shape index (κ3) is 5.55. The number of aryl methyl sites for hydroxylation is 1. The fraction of sp³-hybridized carbons (Fsp3) is 0.524. The molecule has 1 unspecified atom stereocenters. The number of nitrogens with one attached hydrogen (secondary N) is 2. The molecule has 7 nitrogen and oxygen atoms in total. The number of nitrogens with zero attached hydrogens (tertiary/aromatic N) is 3. The van der Waals surface area contributed by atoms with Crippen LogP contribution in [0.5, 0.6) is 0 Å². The highest BCUT2D eigenvalue weighted by atomic mass is 35.5. The number of halogens is 1. The quantitative estimate of drug-likeness (QED) is 0.450. The molecule has 30 heavy (non-hydrogen) atoms. The molecule has 0 aliphatic heterocycles. The lowest BCUT2D eigenvalue weighted by molar-refractivity contribution is -0.122. The maximum absolute atomic E-state index is 12.3. The van der Waals surface area contributed by atoms with Crippen LogP contribution in [0, 0.1) is 0 Å². The Morgan fingerprint density at radius 1 is 1.27 bits per heavy atom. The van der Waals surface area contributed by atoms with E-state index in [4.69, 9.17) is 11.6 Å². The van der Waals surface area contributed by atoms with Gasteiger partial charge in [0.2, 0.25) is 5.91 Å². The SMILES string of the molecule is CSc1nnc(CCCNC(=O)C(C)NC(=O)c2ccccc2Cl)n1C1CCCC1. The molecular weight excluding hydrogens is 422 g/mol. The van der Waals surface area contributed by atoms with Gasteiger partial charge in [-0.05, 0) is 44.6 Å². The molecule has 0 bridgehead atoms. The van der Waals surface area contributed by atoms with Crippen molar-refractivity contribution >= 4 is 35.2 Å². The van der Waals surface area contributed by atoms with Gasteiger partial charge in [-0.25, -0.2) is 0 Å². The van der Waals surface area contributed by atoms with Crippen LogP contribution >= 0.6 is 23.4 Å². The molecule has 3 rings (SSSR count). The monoisotopic (exact) mass is 449 g/mol. The van der Waals surface area contributed by atoms with E-state index in [1.54, 1.807) is 43.0 Å². The first-order chi connectivity index (χ1) is 14.5. The van der Waals surface area contributed by atoms with Crippen LogP contribution in [-0.2, 0) is 11.2 Å². The number of carbonyl (C=O) groups is 2. The first-order valence-corrected chi connectivity index (χ1v) is 11.9. The standard InChI is InChI=1S/C21H28ClN5O2S/c1-14(24-20(29)16-10-5-6-11-17(16)22)19(28)23-13-7-12-18-25-26-21(30-2)27(18)15-8-3-4-9-15/h5-6,10-11,14-15H,3-4,7-9,12-13H2,1-2H3,(H,23,28)(H,24,29). The minimum atomic E-state index is -0.654. The summed E-state index contributed by atoms with van der Waals surface area (Å²) in [6.45, 7) is 2.17. The van der Waals surface area contributed by atoms with Crippen LogP contribution in [0.1, 0.15) is 61.3 Å². The van der Waals surface area contributed by atoms with Crippen molar-refractivity contribution in [2.24, 2.45) is 0 Å². The third-order valence-electron chi connectivity index (χ3n) is 5.34. The van der Waals surface area contributed by atoms with Gasteiger partial charge in [0.25, 0.3) is 5.91 Å². The number of carbonyl (C=O) groups excluding carboxylic acids is 2. The van der Waals surface area contributed by atoms with E-state index < -0.39 is 6.04 Å². The molecule has 1 aliphatic carbocycles. The second-order valence-corrected chi connectivity index (χ2v) is 8.66. The lowest BCUT2D eigenvalue weighted by atomic mass is 10.2. The van der Waals surface area contributed by atoms with Crippen LogP contribution < -0.4 is 10.6 Å². The van der Waals surface area contributed by atoms with Gasteiger partial charge in [0, 0.05) is 19.0 Å². The molecule has 2 N–H and O–H groups in total. The predicted molar refractivity (Wildman–Crippen MR) is 119 cm³/mol. The molecule has 1 saturated carbocycles. The van der Waals surface area contributed by atoms with Gasteiger partial charge in [0.05, 0.1) is 10.6 Å². The van der Waals surface area contributed by atoms with Crippen LogP contribution in [0.4, 0.5) is 0 Å². The number of hydrogen-bond donors (Lipinski definition) is 2. The zero-order chi connectivity index (χ0) is 21.5. The summed E-state index contributed by atoms with van der Waals surface area (Å²) in [6.07, 6.45) is 8.41. The second kappa shape index (κ2) is 10.8. The van der Waals surface area contributed by atoms with Gasteiger partial charge in [-0.15, -0.1) is 10.2 Å². The normalized spacial score (nSPS) is 15.2. The van der Waals surface area contributed by atoms with Gasteiger partial charge in [0.15, 0.2) is 5.16 Å². The van der Waals surface area contributed by atoms with E-state index in [-0.39, 0.29) is 11.8 Å². The molecule has 1 aliphatic rings. The number of thioether (sulfide) groups is 1. The Kier molecular flexibility index (Phi) is 8.16. The van der Waals surface area contributed by atoms with E-state index in [1.165, 1.54) is 25.7 Å². The highest BCUT2D eigenvalue weighted by Crippen LogP contribution is 2.33. The molecule has 1 aromatic carbocycles. The van der Waals surface area contributed by atoms with E-state index in [2.05, 4.69) is 25.4 Å². The molecule has 2 aromatic rings. The summed E-state index contributed by atoms with van der Waals surface area (Å²) in [5.74, 6) is 0.399. The average molecular weight is 450 g/mol. The van der Waals surface area contributed by atoms with E-state index >= 15 is 0 Å². The van der Waals surface area contributed by atoms with Gasteiger partial charge in [-0.2, -0.15) is 0 Å². The molecule has 1 atom stereocenters. The number of rotatable bonds is 9. The van der Waals surface area contributed by atoms with Crippen LogP contribution in [-0.4, -0.2) is 45.4 Å². The van der Waals surface area contributed by atoms with Crippen molar-refractivity contribution in [2.75, 3.05) is 12.8 Å². The summed E-state index contributed by atoms with van der Waals surface area (Å²) >= 11 is 7.66. The van der Waals surface area contributed by atoms with Gasteiger partial charge in [0.1, 0.15) is 11.9 Å². The average Bonchev–Trinajstić information content (AvgIpc) is 3.40. The molecule has 1 heterocycles. The Hall–Kier alpha value is -2.06. The maximum atomic E-state index is 12.3. The second-order valence-electron chi connectivity index (χ2n) is 7.48. The minimum absolute atomic E-state index is 0.225. The zero-order valence-corrected chi connectivity index (χ0v) is 18.9.